The second-order valence-corrected chi connectivity index (χ2v) is 6.29. The fourth-order valence-electron chi connectivity index (χ4n) is 2.79. The highest BCUT2D eigenvalue weighted by Crippen LogP contribution is 2.25. The van der Waals surface area contributed by atoms with Crippen LogP contribution in [0.1, 0.15) is 67.5 Å². The van der Waals surface area contributed by atoms with E-state index in [1.807, 2.05) is 24.3 Å². The summed E-state index contributed by atoms with van der Waals surface area (Å²) in [6, 6.07) is 16.1. The van der Waals surface area contributed by atoms with Gasteiger partial charge in [-0.25, -0.2) is 0 Å². The Balaban J connectivity index is 1.92. The number of rotatable bonds is 11. The van der Waals surface area contributed by atoms with E-state index in [1.165, 1.54) is 25.7 Å². The number of unbranched alkanes of at least 4 members (excludes halogenated alkanes) is 5. The fourth-order valence-corrected chi connectivity index (χ4v) is 2.79. The van der Waals surface area contributed by atoms with Crippen molar-refractivity contribution in [3.05, 3.63) is 65.7 Å². The minimum absolute atomic E-state index is 0.329. The van der Waals surface area contributed by atoms with E-state index in [9.17, 15) is 9.90 Å². The monoisotopic (exact) mass is 340 g/mol. The van der Waals surface area contributed by atoms with Crippen LogP contribution in [0.2, 0.25) is 0 Å². The Morgan fingerprint density at radius 3 is 2.32 bits per heavy atom. The van der Waals surface area contributed by atoms with Crippen LogP contribution in [0.4, 0.5) is 0 Å². The molecule has 0 radical (unpaired) electrons. The van der Waals surface area contributed by atoms with Gasteiger partial charge in [0.1, 0.15) is 11.9 Å². The molecule has 2 aromatic carbocycles. The van der Waals surface area contributed by atoms with Gasteiger partial charge in [-0.05, 0) is 24.1 Å². The van der Waals surface area contributed by atoms with Crippen LogP contribution in [0.5, 0.6) is 5.75 Å². The summed E-state index contributed by atoms with van der Waals surface area (Å²) in [6.07, 6.45) is 5.99. The van der Waals surface area contributed by atoms with Gasteiger partial charge in [0.2, 0.25) is 0 Å². The standard InChI is InChI=1S/C22H28O3/c1-2-3-4-5-6-12-17-25-20-16-11-10-15-19(20)22(24)21(23)18-13-8-7-9-14-18/h7-11,13-16,21,23H,2-6,12,17H2,1H3. The average molecular weight is 340 g/mol. The molecule has 1 N–H and O–H groups in total. The van der Waals surface area contributed by atoms with Crippen LogP contribution in [0, 0.1) is 0 Å². The van der Waals surface area contributed by atoms with Crippen molar-refractivity contribution >= 4 is 5.78 Å². The maximum Gasteiger partial charge on any atom is 0.199 e. The van der Waals surface area contributed by atoms with E-state index in [0.29, 0.717) is 23.5 Å². The zero-order valence-electron chi connectivity index (χ0n) is 15.0. The van der Waals surface area contributed by atoms with Gasteiger partial charge < -0.3 is 9.84 Å². The average Bonchev–Trinajstić information content (AvgIpc) is 2.67. The largest absolute Gasteiger partial charge is 0.493 e. The van der Waals surface area contributed by atoms with Gasteiger partial charge in [0, 0.05) is 0 Å². The SMILES string of the molecule is CCCCCCCCOc1ccccc1C(=O)C(O)c1ccccc1. The van der Waals surface area contributed by atoms with Crippen molar-refractivity contribution in [3.8, 4) is 5.75 Å². The molecule has 0 heterocycles. The van der Waals surface area contributed by atoms with E-state index in [1.54, 1.807) is 30.3 Å². The second kappa shape index (κ2) is 10.7. The van der Waals surface area contributed by atoms with Crippen LogP contribution in [0.15, 0.2) is 54.6 Å². The molecule has 134 valence electrons. The first-order valence-corrected chi connectivity index (χ1v) is 9.23. The Morgan fingerprint density at radius 1 is 0.920 bits per heavy atom. The van der Waals surface area contributed by atoms with Crippen molar-refractivity contribution < 1.29 is 14.6 Å². The highest BCUT2D eigenvalue weighted by Gasteiger charge is 2.22. The van der Waals surface area contributed by atoms with Crippen LogP contribution >= 0.6 is 0 Å². The number of carbonyl (C=O) groups excluding carboxylic acids is 1. The van der Waals surface area contributed by atoms with E-state index < -0.39 is 6.10 Å². The smallest absolute Gasteiger partial charge is 0.199 e. The third-order valence-corrected chi connectivity index (χ3v) is 4.27. The van der Waals surface area contributed by atoms with E-state index >= 15 is 0 Å². The first kappa shape index (κ1) is 19.2. The summed E-state index contributed by atoms with van der Waals surface area (Å²) in [5, 5.41) is 10.4. The Kier molecular flexibility index (Phi) is 8.20. The Labute approximate surface area is 150 Å². The third kappa shape index (κ3) is 6.02. The molecule has 0 spiro atoms. The lowest BCUT2D eigenvalue weighted by Gasteiger charge is -2.14. The minimum atomic E-state index is -1.17. The van der Waals surface area contributed by atoms with Gasteiger partial charge in [0.25, 0.3) is 0 Å². The summed E-state index contributed by atoms with van der Waals surface area (Å²) in [4.78, 5) is 12.6. The fraction of sp³-hybridized carbons (Fsp3) is 0.409. The molecule has 1 unspecified atom stereocenters. The molecule has 1 atom stereocenters. The highest BCUT2D eigenvalue weighted by molar-refractivity contribution is 6.02. The molecule has 25 heavy (non-hydrogen) atoms. The van der Waals surface area contributed by atoms with Crippen molar-refractivity contribution in [3.63, 3.8) is 0 Å². The van der Waals surface area contributed by atoms with E-state index in [4.69, 9.17) is 4.74 Å². The molecule has 2 rings (SSSR count). The molecule has 0 aliphatic heterocycles. The molecule has 0 saturated carbocycles. The molecular weight excluding hydrogens is 312 g/mol. The number of para-hydroxylation sites is 1. The first-order valence-electron chi connectivity index (χ1n) is 9.23. The summed E-state index contributed by atoms with van der Waals surface area (Å²) in [5.41, 5.74) is 1.03. The molecule has 3 nitrogen and oxygen atoms in total. The molecule has 0 aromatic heterocycles. The number of aliphatic hydroxyl groups is 1. The maximum atomic E-state index is 12.6. The van der Waals surface area contributed by atoms with E-state index in [0.717, 1.165) is 12.8 Å². The number of Topliss-reactive ketones (excluding diaryl/α,β-unsaturated/α-hetero) is 1. The van der Waals surface area contributed by atoms with Crippen molar-refractivity contribution in [2.24, 2.45) is 0 Å². The Morgan fingerprint density at radius 2 is 1.56 bits per heavy atom. The second-order valence-electron chi connectivity index (χ2n) is 6.29. The predicted molar refractivity (Wildman–Crippen MR) is 101 cm³/mol. The molecule has 3 heteroatoms. The van der Waals surface area contributed by atoms with Crippen molar-refractivity contribution in [2.45, 2.75) is 51.6 Å². The molecular formula is C22H28O3. The van der Waals surface area contributed by atoms with Crippen LogP contribution in [-0.4, -0.2) is 17.5 Å². The topological polar surface area (TPSA) is 46.5 Å². The minimum Gasteiger partial charge on any atom is -0.493 e. The zero-order chi connectivity index (χ0) is 17.9. The van der Waals surface area contributed by atoms with Gasteiger partial charge in [-0.15, -0.1) is 0 Å². The lowest BCUT2D eigenvalue weighted by atomic mass is 9.99. The number of hydrogen-bond acceptors (Lipinski definition) is 3. The highest BCUT2D eigenvalue weighted by atomic mass is 16.5. The Hall–Kier alpha value is -2.13. The molecule has 0 fully saturated rings. The lowest BCUT2D eigenvalue weighted by molar-refractivity contribution is 0.0743. The molecule has 2 aromatic rings. The van der Waals surface area contributed by atoms with Crippen molar-refractivity contribution in [2.75, 3.05) is 6.61 Å². The van der Waals surface area contributed by atoms with Crippen LogP contribution in [0.3, 0.4) is 0 Å². The Bertz CT molecular complexity index is 637. The quantitative estimate of drug-likeness (QED) is 0.443. The molecule has 0 amide bonds. The number of ketones is 1. The number of ether oxygens (including phenoxy) is 1. The lowest BCUT2D eigenvalue weighted by Crippen LogP contribution is -2.14. The van der Waals surface area contributed by atoms with E-state index in [2.05, 4.69) is 6.92 Å². The van der Waals surface area contributed by atoms with Gasteiger partial charge in [0.15, 0.2) is 5.78 Å². The van der Waals surface area contributed by atoms with Gasteiger partial charge in [0.05, 0.1) is 12.2 Å². The summed E-state index contributed by atoms with van der Waals surface area (Å²) < 4.78 is 5.82. The number of benzene rings is 2. The predicted octanol–water partition coefficient (Wildman–Crippen LogP) is 5.34. The van der Waals surface area contributed by atoms with Gasteiger partial charge in [-0.3, -0.25) is 4.79 Å². The zero-order valence-corrected chi connectivity index (χ0v) is 15.0. The molecule has 0 aliphatic rings. The summed E-state index contributed by atoms with van der Waals surface area (Å²) in [7, 11) is 0. The molecule has 0 aliphatic carbocycles. The van der Waals surface area contributed by atoms with E-state index in [-0.39, 0.29) is 5.78 Å². The maximum absolute atomic E-state index is 12.6. The normalized spacial score (nSPS) is 11.9. The van der Waals surface area contributed by atoms with Gasteiger partial charge >= 0.3 is 0 Å². The van der Waals surface area contributed by atoms with Gasteiger partial charge in [-0.1, -0.05) is 81.5 Å². The van der Waals surface area contributed by atoms with Crippen molar-refractivity contribution in [1.82, 2.24) is 0 Å². The number of carbonyl (C=O) groups is 1. The van der Waals surface area contributed by atoms with Crippen LogP contribution in [0.25, 0.3) is 0 Å². The molecule has 0 saturated heterocycles. The number of aliphatic hydroxyl groups excluding tert-OH is 1. The first-order chi connectivity index (χ1) is 12.2. The van der Waals surface area contributed by atoms with Crippen LogP contribution in [-0.2, 0) is 0 Å². The number of hydrogen-bond donors (Lipinski definition) is 1. The van der Waals surface area contributed by atoms with Crippen LogP contribution < -0.4 is 4.74 Å². The third-order valence-electron chi connectivity index (χ3n) is 4.27. The molecule has 0 bridgehead atoms. The van der Waals surface area contributed by atoms with Gasteiger partial charge in [-0.2, -0.15) is 0 Å². The summed E-state index contributed by atoms with van der Waals surface area (Å²) in [6.45, 7) is 2.80. The van der Waals surface area contributed by atoms with Crippen molar-refractivity contribution in [1.29, 1.82) is 0 Å². The summed E-state index contributed by atoms with van der Waals surface area (Å²) in [5.74, 6) is 0.223. The summed E-state index contributed by atoms with van der Waals surface area (Å²) >= 11 is 0.